The summed E-state index contributed by atoms with van der Waals surface area (Å²) in [6.07, 6.45) is 3.33. The maximum absolute atomic E-state index is 14.5. The van der Waals surface area contributed by atoms with Crippen molar-refractivity contribution in [3.8, 4) is 17.0 Å². The second-order valence-corrected chi connectivity index (χ2v) is 7.99. The normalized spacial score (nSPS) is 20.9. The van der Waals surface area contributed by atoms with Crippen molar-refractivity contribution in [1.82, 2.24) is 14.9 Å². The van der Waals surface area contributed by atoms with Gasteiger partial charge in [0.1, 0.15) is 24.3 Å². The average Bonchev–Trinajstić information content (AvgIpc) is 3.61. The lowest BCUT2D eigenvalue weighted by molar-refractivity contribution is -0.138. The molecule has 1 saturated carbocycles. The molecule has 2 aromatic rings. The summed E-state index contributed by atoms with van der Waals surface area (Å²) in [7, 11) is 0. The van der Waals surface area contributed by atoms with Crippen LogP contribution in [0.1, 0.15) is 24.8 Å². The molecule has 2 aromatic heterocycles. The number of hydrogen-bond donors (Lipinski definition) is 2. The van der Waals surface area contributed by atoms with Gasteiger partial charge >= 0.3 is 0 Å². The highest BCUT2D eigenvalue weighted by molar-refractivity contribution is 5.93. The number of nitrogens with zero attached hydrogens (tertiary/aromatic N) is 3. The summed E-state index contributed by atoms with van der Waals surface area (Å²) in [6.45, 7) is 1.47. The number of aryl methyl sites for hydroxylation is 1. The minimum Gasteiger partial charge on any atom is -0.485 e. The second kappa shape index (κ2) is 8.97. The zero-order valence-electron chi connectivity index (χ0n) is 17.3. The Hall–Kier alpha value is -3.07. The van der Waals surface area contributed by atoms with Gasteiger partial charge in [-0.25, -0.2) is 9.37 Å². The van der Waals surface area contributed by atoms with Crippen molar-refractivity contribution in [3.05, 3.63) is 36.2 Å². The number of carbonyl (C=O) groups excluding carboxylic acids is 2. The number of rotatable bonds is 6. The summed E-state index contributed by atoms with van der Waals surface area (Å²) in [5, 5.41) is 11.8. The molecular formula is C22H25FN4O4. The number of ether oxygens (including phenoxy) is 1. The molecule has 0 radical (unpaired) electrons. The van der Waals surface area contributed by atoms with E-state index in [2.05, 4.69) is 15.3 Å². The third-order valence-electron chi connectivity index (χ3n) is 5.57. The molecular weight excluding hydrogens is 403 g/mol. The van der Waals surface area contributed by atoms with Crippen LogP contribution in [-0.4, -0.2) is 63.8 Å². The molecule has 2 atom stereocenters. The molecule has 1 saturated heterocycles. The number of aliphatic hydroxyl groups excluding tert-OH is 1. The molecule has 9 heteroatoms. The van der Waals surface area contributed by atoms with Gasteiger partial charge in [0.05, 0.1) is 18.4 Å². The van der Waals surface area contributed by atoms with E-state index in [1.165, 1.54) is 4.90 Å². The summed E-state index contributed by atoms with van der Waals surface area (Å²) in [4.78, 5) is 33.5. The minimum absolute atomic E-state index is 0.00921. The van der Waals surface area contributed by atoms with Crippen molar-refractivity contribution in [2.45, 2.75) is 38.5 Å². The summed E-state index contributed by atoms with van der Waals surface area (Å²) in [6, 6.07) is 5.42. The predicted molar refractivity (Wildman–Crippen MR) is 111 cm³/mol. The number of nitrogens with one attached hydrogen (secondary N) is 1. The lowest BCUT2D eigenvalue weighted by Gasteiger charge is -2.34. The molecule has 2 aliphatic rings. The Morgan fingerprint density at radius 3 is 2.77 bits per heavy atom. The van der Waals surface area contributed by atoms with Crippen LogP contribution < -0.4 is 10.1 Å². The SMILES string of the molecule is Cc1cc(-c2ccnc(NC(=O)C3CC3)c2)ncc1O[C@H]1CCN(C(=O)CO)C[C@H]1F. The number of alkyl halides is 1. The van der Waals surface area contributed by atoms with E-state index in [1.54, 1.807) is 24.5 Å². The maximum atomic E-state index is 14.5. The number of amides is 2. The van der Waals surface area contributed by atoms with E-state index in [4.69, 9.17) is 9.84 Å². The minimum atomic E-state index is -1.35. The fourth-order valence-electron chi connectivity index (χ4n) is 3.56. The number of pyridine rings is 2. The molecule has 2 amide bonds. The van der Waals surface area contributed by atoms with Crippen LogP contribution in [0.15, 0.2) is 30.6 Å². The Kier molecular flexibility index (Phi) is 6.13. The highest BCUT2D eigenvalue weighted by Gasteiger charge is 2.33. The van der Waals surface area contributed by atoms with Gasteiger partial charge in [0.15, 0.2) is 6.17 Å². The van der Waals surface area contributed by atoms with Gasteiger partial charge in [0, 0.05) is 30.6 Å². The van der Waals surface area contributed by atoms with Gasteiger partial charge in [-0.3, -0.25) is 14.6 Å². The fourth-order valence-corrected chi connectivity index (χ4v) is 3.56. The molecule has 0 unspecified atom stereocenters. The van der Waals surface area contributed by atoms with Crippen molar-refractivity contribution < 1.29 is 23.8 Å². The number of aliphatic hydroxyl groups is 1. The lowest BCUT2D eigenvalue weighted by atomic mass is 10.1. The largest absolute Gasteiger partial charge is 0.485 e. The van der Waals surface area contributed by atoms with Crippen LogP contribution in [0.25, 0.3) is 11.3 Å². The molecule has 8 nitrogen and oxygen atoms in total. The monoisotopic (exact) mass is 428 g/mol. The smallest absolute Gasteiger partial charge is 0.248 e. The summed E-state index contributed by atoms with van der Waals surface area (Å²) in [5.41, 5.74) is 2.29. The number of aromatic nitrogens is 2. The van der Waals surface area contributed by atoms with Gasteiger partial charge in [-0.15, -0.1) is 0 Å². The van der Waals surface area contributed by atoms with Gasteiger partial charge in [0.25, 0.3) is 0 Å². The van der Waals surface area contributed by atoms with Crippen LogP contribution in [0.5, 0.6) is 5.75 Å². The van der Waals surface area contributed by atoms with Crippen molar-refractivity contribution in [3.63, 3.8) is 0 Å². The topological polar surface area (TPSA) is 105 Å². The molecule has 0 spiro atoms. The van der Waals surface area contributed by atoms with E-state index in [0.717, 1.165) is 24.0 Å². The number of anilines is 1. The first kappa shape index (κ1) is 21.2. The molecule has 31 heavy (non-hydrogen) atoms. The summed E-state index contributed by atoms with van der Waals surface area (Å²) < 4.78 is 20.4. The molecule has 3 heterocycles. The van der Waals surface area contributed by atoms with Crippen LogP contribution in [0, 0.1) is 12.8 Å². The maximum Gasteiger partial charge on any atom is 0.248 e. The Morgan fingerprint density at radius 2 is 2.10 bits per heavy atom. The van der Waals surface area contributed by atoms with E-state index in [9.17, 15) is 14.0 Å². The lowest BCUT2D eigenvalue weighted by Crippen LogP contribution is -2.50. The highest BCUT2D eigenvalue weighted by atomic mass is 19.1. The van der Waals surface area contributed by atoms with Crippen LogP contribution in [-0.2, 0) is 9.59 Å². The van der Waals surface area contributed by atoms with Crippen LogP contribution in [0.4, 0.5) is 10.2 Å². The van der Waals surface area contributed by atoms with Crippen LogP contribution >= 0.6 is 0 Å². The fraction of sp³-hybridized carbons (Fsp3) is 0.455. The van der Waals surface area contributed by atoms with Gasteiger partial charge in [0.2, 0.25) is 11.8 Å². The molecule has 2 fully saturated rings. The second-order valence-electron chi connectivity index (χ2n) is 7.99. The molecule has 2 N–H and O–H groups in total. The van der Waals surface area contributed by atoms with Crippen LogP contribution in [0.2, 0.25) is 0 Å². The zero-order valence-corrected chi connectivity index (χ0v) is 17.3. The first-order valence-electron chi connectivity index (χ1n) is 10.4. The summed E-state index contributed by atoms with van der Waals surface area (Å²) in [5.74, 6) is 0.571. The third kappa shape index (κ3) is 4.99. The first-order valence-corrected chi connectivity index (χ1v) is 10.4. The molecule has 164 valence electrons. The van der Waals surface area contributed by atoms with Gasteiger partial charge in [-0.1, -0.05) is 0 Å². The number of halogens is 1. The predicted octanol–water partition coefficient (Wildman–Crippen LogP) is 2.11. The Balaban J connectivity index is 1.43. The number of piperidine rings is 1. The molecule has 0 aromatic carbocycles. The van der Waals surface area contributed by atoms with Crippen molar-refractivity contribution in [2.75, 3.05) is 25.0 Å². The van der Waals surface area contributed by atoms with Crippen molar-refractivity contribution >= 4 is 17.6 Å². The molecule has 0 bridgehead atoms. The van der Waals surface area contributed by atoms with Crippen molar-refractivity contribution in [1.29, 1.82) is 0 Å². The quantitative estimate of drug-likeness (QED) is 0.730. The van der Waals surface area contributed by atoms with Crippen molar-refractivity contribution in [2.24, 2.45) is 5.92 Å². The van der Waals surface area contributed by atoms with Gasteiger partial charge < -0.3 is 20.1 Å². The van der Waals surface area contributed by atoms with E-state index in [-0.39, 0.29) is 18.4 Å². The standard InChI is InChI=1S/C22H25FN4O4/c1-13-8-17(15-4-6-24-20(9-15)26-22(30)14-2-3-14)25-10-19(13)31-18-5-7-27(11-16(18)23)21(29)12-28/h4,6,8-10,14,16,18,28H,2-3,5,7,11-12H2,1H3,(H,24,26,30)/t16-,18+/m1/s1. The highest BCUT2D eigenvalue weighted by Crippen LogP contribution is 2.31. The van der Waals surface area contributed by atoms with E-state index in [1.807, 2.05) is 13.0 Å². The number of likely N-dealkylation sites (tertiary alicyclic amines) is 1. The number of carbonyl (C=O) groups is 2. The first-order chi connectivity index (χ1) is 14.9. The average molecular weight is 428 g/mol. The zero-order chi connectivity index (χ0) is 22.0. The van der Waals surface area contributed by atoms with Crippen LogP contribution in [0.3, 0.4) is 0 Å². The Labute approximate surface area is 179 Å². The molecule has 1 aliphatic carbocycles. The van der Waals surface area contributed by atoms with E-state index >= 15 is 0 Å². The Bertz CT molecular complexity index is 982. The number of hydrogen-bond acceptors (Lipinski definition) is 6. The third-order valence-corrected chi connectivity index (χ3v) is 5.57. The van der Waals surface area contributed by atoms with Gasteiger partial charge in [-0.2, -0.15) is 0 Å². The van der Waals surface area contributed by atoms with E-state index in [0.29, 0.717) is 30.2 Å². The molecule has 4 rings (SSSR count). The van der Waals surface area contributed by atoms with E-state index < -0.39 is 24.8 Å². The molecule has 1 aliphatic heterocycles. The Morgan fingerprint density at radius 1 is 1.29 bits per heavy atom. The van der Waals surface area contributed by atoms with Gasteiger partial charge in [-0.05, 0) is 43.5 Å². The summed E-state index contributed by atoms with van der Waals surface area (Å²) >= 11 is 0.